The van der Waals surface area contributed by atoms with Gasteiger partial charge in [-0.1, -0.05) is 0 Å². The molecule has 42 heavy (non-hydrogen) atoms. The molecule has 0 radical (unpaired) electrons. The molecule has 224 valence electrons. The van der Waals surface area contributed by atoms with E-state index in [-0.39, 0.29) is 23.4 Å². The first kappa shape index (κ1) is 30.7. The highest BCUT2D eigenvalue weighted by Crippen LogP contribution is 2.37. The molecule has 0 aliphatic carbocycles. The molecule has 1 aliphatic rings. The second kappa shape index (κ2) is 15.1. The molecule has 3 aromatic carbocycles. The lowest BCUT2D eigenvalue weighted by Gasteiger charge is -2.31. The number of rotatable bonds is 14. The van der Waals surface area contributed by atoms with E-state index < -0.39 is 0 Å². The molecule has 3 N–H and O–H groups in total. The quantitative estimate of drug-likeness (QED) is 0.190. The van der Waals surface area contributed by atoms with E-state index in [0.717, 1.165) is 44.6 Å². The zero-order valence-corrected chi connectivity index (χ0v) is 24.4. The van der Waals surface area contributed by atoms with Gasteiger partial charge in [-0.15, -0.1) is 0 Å². The summed E-state index contributed by atoms with van der Waals surface area (Å²) in [6.45, 7) is 4.54. The van der Waals surface area contributed by atoms with Crippen molar-refractivity contribution in [1.29, 1.82) is 0 Å². The van der Waals surface area contributed by atoms with Crippen molar-refractivity contribution in [3.8, 4) is 34.5 Å². The molecule has 4 rings (SSSR count). The molecule has 3 aromatic rings. The summed E-state index contributed by atoms with van der Waals surface area (Å²) < 4.78 is 15.6. The molecular weight excluding hydrogens is 536 g/mol. The van der Waals surface area contributed by atoms with Gasteiger partial charge in [0.05, 0.1) is 27.5 Å². The Labute approximate surface area is 247 Å². The van der Waals surface area contributed by atoms with E-state index in [2.05, 4.69) is 19.8 Å². The van der Waals surface area contributed by atoms with Crippen LogP contribution in [0.4, 0.5) is 0 Å². The number of aliphatic imine (C=N–C) groups is 2. The van der Waals surface area contributed by atoms with Crippen LogP contribution in [0.25, 0.3) is 0 Å². The van der Waals surface area contributed by atoms with Crippen molar-refractivity contribution in [3.05, 3.63) is 71.3 Å². The Balaban J connectivity index is 1.36. The minimum Gasteiger partial charge on any atom is -0.507 e. The third-order valence-electron chi connectivity index (χ3n) is 7.28. The van der Waals surface area contributed by atoms with Crippen molar-refractivity contribution in [1.82, 2.24) is 9.80 Å². The molecule has 0 atom stereocenters. The second-order valence-corrected chi connectivity index (χ2v) is 10.00. The molecule has 1 fully saturated rings. The normalized spacial score (nSPS) is 16.0. The summed E-state index contributed by atoms with van der Waals surface area (Å²) in [7, 11) is 4.71. The highest BCUT2D eigenvalue weighted by atomic mass is 16.5. The summed E-state index contributed by atoms with van der Waals surface area (Å²) in [4.78, 5) is 13.8. The summed E-state index contributed by atoms with van der Waals surface area (Å²) in [6.07, 6.45) is 4.93. The van der Waals surface area contributed by atoms with Gasteiger partial charge in [0, 0.05) is 86.6 Å². The zero-order chi connectivity index (χ0) is 29.9. The third-order valence-corrected chi connectivity index (χ3v) is 7.28. The van der Waals surface area contributed by atoms with Crippen molar-refractivity contribution in [2.75, 3.05) is 60.6 Å². The SMILES string of the molecule is COc1ccc(C=NCCCN2CCN(CCCN=Cc3ccc(OC)cc3O)C2c2ccc(OC)cc2O)c(O)c1. The van der Waals surface area contributed by atoms with E-state index in [4.69, 9.17) is 14.2 Å². The fourth-order valence-corrected chi connectivity index (χ4v) is 5.04. The summed E-state index contributed by atoms with van der Waals surface area (Å²) in [5.74, 6) is 2.28. The molecule has 0 aromatic heterocycles. The lowest BCUT2D eigenvalue weighted by Crippen LogP contribution is -2.32. The van der Waals surface area contributed by atoms with Gasteiger partial charge >= 0.3 is 0 Å². The molecule has 1 saturated heterocycles. The molecule has 0 saturated carbocycles. The molecule has 0 spiro atoms. The predicted molar refractivity (Wildman–Crippen MR) is 164 cm³/mol. The van der Waals surface area contributed by atoms with Crippen LogP contribution in [-0.2, 0) is 0 Å². The molecule has 0 amide bonds. The average molecular weight is 577 g/mol. The zero-order valence-electron chi connectivity index (χ0n) is 24.4. The van der Waals surface area contributed by atoms with Crippen molar-refractivity contribution in [2.24, 2.45) is 9.98 Å². The number of phenolic OH excluding ortho intramolecular Hbond substituents is 3. The van der Waals surface area contributed by atoms with Crippen LogP contribution in [0.1, 0.15) is 35.7 Å². The first-order chi connectivity index (χ1) is 20.4. The number of methoxy groups -OCH3 is 3. The van der Waals surface area contributed by atoms with E-state index in [1.54, 1.807) is 76.2 Å². The van der Waals surface area contributed by atoms with Crippen LogP contribution in [0.5, 0.6) is 34.5 Å². The van der Waals surface area contributed by atoms with Gasteiger partial charge in [-0.25, -0.2) is 0 Å². The lowest BCUT2D eigenvalue weighted by atomic mass is 10.1. The van der Waals surface area contributed by atoms with Gasteiger partial charge in [0.25, 0.3) is 0 Å². The smallest absolute Gasteiger partial charge is 0.128 e. The number of ether oxygens (including phenoxy) is 3. The number of nitrogens with zero attached hydrogens (tertiary/aromatic N) is 4. The van der Waals surface area contributed by atoms with Crippen molar-refractivity contribution in [3.63, 3.8) is 0 Å². The number of benzene rings is 3. The van der Waals surface area contributed by atoms with Crippen LogP contribution >= 0.6 is 0 Å². The topological polar surface area (TPSA) is 120 Å². The summed E-state index contributed by atoms with van der Waals surface area (Å²) in [6, 6.07) is 15.7. The molecular formula is C32H40N4O6. The Morgan fingerprint density at radius 1 is 0.667 bits per heavy atom. The van der Waals surface area contributed by atoms with Crippen LogP contribution in [0, 0.1) is 0 Å². The van der Waals surface area contributed by atoms with Crippen molar-refractivity contribution >= 4 is 12.4 Å². The van der Waals surface area contributed by atoms with Crippen LogP contribution in [0.15, 0.2) is 64.6 Å². The van der Waals surface area contributed by atoms with Gasteiger partial charge in [0.15, 0.2) is 0 Å². The van der Waals surface area contributed by atoms with Crippen LogP contribution in [0.2, 0.25) is 0 Å². The van der Waals surface area contributed by atoms with Gasteiger partial charge in [-0.2, -0.15) is 0 Å². The molecule has 10 nitrogen and oxygen atoms in total. The van der Waals surface area contributed by atoms with E-state index in [0.29, 0.717) is 41.5 Å². The maximum Gasteiger partial charge on any atom is 0.128 e. The standard InChI is InChI=1S/C32H40N4O6/c1-40-25-8-6-23(29(37)18-25)21-33-12-4-14-35-16-17-36(32(35)28-11-10-27(42-3)20-31(28)39)15-5-13-34-22-24-7-9-26(41-2)19-30(24)38/h6-11,18-22,32,37-39H,4-5,12-17H2,1-3H3. The lowest BCUT2D eigenvalue weighted by molar-refractivity contribution is 0.133. The minimum absolute atomic E-state index is 0.0832. The van der Waals surface area contributed by atoms with Crippen LogP contribution < -0.4 is 14.2 Å². The van der Waals surface area contributed by atoms with Gasteiger partial charge in [0.1, 0.15) is 34.5 Å². The molecule has 1 heterocycles. The van der Waals surface area contributed by atoms with E-state index in [1.165, 1.54) is 0 Å². The minimum atomic E-state index is -0.0832. The maximum absolute atomic E-state index is 10.9. The summed E-state index contributed by atoms with van der Waals surface area (Å²) >= 11 is 0. The summed E-state index contributed by atoms with van der Waals surface area (Å²) in [5.41, 5.74) is 2.13. The Bertz CT molecular complexity index is 1300. The van der Waals surface area contributed by atoms with E-state index in [9.17, 15) is 15.3 Å². The highest BCUT2D eigenvalue weighted by Gasteiger charge is 2.34. The monoisotopic (exact) mass is 576 g/mol. The van der Waals surface area contributed by atoms with Crippen molar-refractivity contribution in [2.45, 2.75) is 19.0 Å². The number of aromatic hydroxyl groups is 3. The average Bonchev–Trinajstić information content (AvgIpc) is 3.39. The molecule has 0 bridgehead atoms. The Hall–Kier alpha value is -4.28. The first-order valence-corrected chi connectivity index (χ1v) is 14.0. The number of phenols is 3. The molecule has 1 aliphatic heterocycles. The largest absolute Gasteiger partial charge is 0.507 e. The fraction of sp³-hybridized carbons (Fsp3) is 0.375. The third kappa shape index (κ3) is 7.92. The van der Waals surface area contributed by atoms with Gasteiger partial charge in [-0.3, -0.25) is 19.8 Å². The van der Waals surface area contributed by atoms with Gasteiger partial charge in [-0.05, 0) is 49.2 Å². The number of hydrogen-bond donors (Lipinski definition) is 3. The summed E-state index contributed by atoms with van der Waals surface area (Å²) in [5, 5.41) is 31.2. The predicted octanol–water partition coefficient (Wildman–Crippen LogP) is 4.46. The maximum atomic E-state index is 10.9. The molecule has 10 heteroatoms. The fourth-order valence-electron chi connectivity index (χ4n) is 5.04. The van der Waals surface area contributed by atoms with Crippen LogP contribution in [-0.4, -0.2) is 98.1 Å². The Morgan fingerprint density at radius 3 is 1.50 bits per heavy atom. The van der Waals surface area contributed by atoms with Gasteiger partial charge < -0.3 is 29.5 Å². The first-order valence-electron chi connectivity index (χ1n) is 14.0. The Morgan fingerprint density at radius 2 is 1.10 bits per heavy atom. The van der Waals surface area contributed by atoms with Gasteiger partial charge in [0.2, 0.25) is 0 Å². The number of hydrogen-bond acceptors (Lipinski definition) is 10. The van der Waals surface area contributed by atoms with E-state index >= 15 is 0 Å². The second-order valence-electron chi connectivity index (χ2n) is 10.00. The van der Waals surface area contributed by atoms with Crippen LogP contribution in [0.3, 0.4) is 0 Å². The molecule has 0 unspecified atom stereocenters. The Kier molecular flexibility index (Phi) is 11.0. The van der Waals surface area contributed by atoms with E-state index in [1.807, 2.05) is 12.1 Å². The van der Waals surface area contributed by atoms with Crippen molar-refractivity contribution < 1.29 is 29.5 Å². The highest BCUT2D eigenvalue weighted by molar-refractivity contribution is 5.84.